The zero-order valence-electron chi connectivity index (χ0n) is 16.1. The van der Waals surface area contributed by atoms with E-state index in [0.717, 1.165) is 34.2 Å². The summed E-state index contributed by atoms with van der Waals surface area (Å²) in [5, 5.41) is 6.16. The van der Waals surface area contributed by atoms with Gasteiger partial charge in [0.25, 0.3) is 5.91 Å². The van der Waals surface area contributed by atoms with Gasteiger partial charge in [-0.1, -0.05) is 86.7 Å². The Kier molecular flexibility index (Phi) is 6.88. The van der Waals surface area contributed by atoms with Gasteiger partial charge in [0, 0.05) is 10.4 Å². The van der Waals surface area contributed by atoms with Crippen molar-refractivity contribution >= 4 is 34.1 Å². The molecule has 4 nitrogen and oxygen atoms in total. The van der Waals surface area contributed by atoms with Gasteiger partial charge in [-0.15, -0.1) is 0 Å². The first-order valence-electron chi connectivity index (χ1n) is 9.80. The third-order valence-corrected chi connectivity index (χ3v) is 5.27. The number of unbranched alkanes of at least 4 members (excludes halogenated alkanes) is 3. The van der Waals surface area contributed by atoms with Gasteiger partial charge in [-0.3, -0.25) is 4.79 Å². The number of primary amides is 1. The summed E-state index contributed by atoms with van der Waals surface area (Å²) in [5.41, 5.74) is 6.80. The summed E-state index contributed by atoms with van der Waals surface area (Å²) >= 11 is 6.49. The predicted molar refractivity (Wildman–Crippen MR) is 117 cm³/mol. The molecule has 0 radical (unpaired) electrons. The third-order valence-electron chi connectivity index (χ3n) is 4.93. The summed E-state index contributed by atoms with van der Waals surface area (Å²) in [4.78, 5) is 16.3. The predicted octanol–water partition coefficient (Wildman–Crippen LogP) is 6.11. The van der Waals surface area contributed by atoms with E-state index in [-0.39, 0.29) is 11.7 Å². The van der Waals surface area contributed by atoms with Crippen molar-refractivity contribution in [2.24, 2.45) is 5.73 Å². The number of hydrogen-bond donors (Lipinski definition) is 2. The quantitative estimate of drug-likeness (QED) is 0.429. The van der Waals surface area contributed by atoms with E-state index in [4.69, 9.17) is 17.3 Å². The number of carbonyl (C=O) groups excluding carboxylic acids is 1. The van der Waals surface area contributed by atoms with Gasteiger partial charge in [0.15, 0.2) is 0 Å². The molecule has 5 heteroatoms. The highest BCUT2D eigenvalue weighted by molar-refractivity contribution is 6.31. The van der Waals surface area contributed by atoms with Crippen LogP contribution in [0.2, 0.25) is 5.02 Å². The number of benzene rings is 2. The lowest BCUT2D eigenvalue weighted by molar-refractivity contribution is 0.0996. The van der Waals surface area contributed by atoms with Crippen LogP contribution in [0, 0.1) is 0 Å². The molecule has 146 valence electrons. The first kappa shape index (κ1) is 20.2. The average molecular weight is 396 g/mol. The molecule has 1 aromatic heterocycles. The van der Waals surface area contributed by atoms with Crippen LogP contribution in [-0.4, -0.2) is 10.9 Å². The average Bonchev–Trinajstić information content (AvgIpc) is 2.70. The largest absolute Gasteiger partial charge is 0.364 e. The summed E-state index contributed by atoms with van der Waals surface area (Å²) in [6.07, 6.45) is 5.60. The first-order valence-corrected chi connectivity index (χ1v) is 10.2. The number of halogens is 1. The Morgan fingerprint density at radius 3 is 2.61 bits per heavy atom. The van der Waals surface area contributed by atoms with E-state index in [9.17, 15) is 4.79 Å². The van der Waals surface area contributed by atoms with Gasteiger partial charge in [-0.2, -0.15) is 0 Å². The van der Waals surface area contributed by atoms with Gasteiger partial charge < -0.3 is 11.1 Å². The number of amides is 1. The Morgan fingerprint density at radius 2 is 1.86 bits per heavy atom. The van der Waals surface area contributed by atoms with Crippen molar-refractivity contribution in [3.63, 3.8) is 0 Å². The lowest BCUT2D eigenvalue weighted by atomic mass is 9.99. The molecule has 1 atom stereocenters. The smallest absolute Gasteiger partial charge is 0.267 e. The third kappa shape index (κ3) is 4.82. The maximum absolute atomic E-state index is 11.8. The molecule has 0 aliphatic carbocycles. The van der Waals surface area contributed by atoms with Crippen molar-refractivity contribution in [1.29, 1.82) is 0 Å². The molecule has 3 N–H and O–H groups in total. The van der Waals surface area contributed by atoms with E-state index in [1.165, 1.54) is 19.3 Å². The van der Waals surface area contributed by atoms with Crippen LogP contribution in [0.3, 0.4) is 0 Å². The molecule has 0 bridgehead atoms. The number of carbonyl (C=O) groups is 1. The number of nitrogens with zero attached hydrogens (tertiary/aromatic N) is 1. The Balaban J connectivity index is 1.98. The van der Waals surface area contributed by atoms with Crippen LogP contribution in [0.5, 0.6) is 0 Å². The molecular weight excluding hydrogens is 370 g/mol. The van der Waals surface area contributed by atoms with Crippen molar-refractivity contribution in [2.75, 3.05) is 5.32 Å². The highest BCUT2D eigenvalue weighted by Crippen LogP contribution is 2.32. The maximum atomic E-state index is 11.8. The van der Waals surface area contributed by atoms with Gasteiger partial charge in [0.05, 0.1) is 6.04 Å². The van der Waals surface area contributed by atoms with Gasteiger partial charge in [0.2, 0.25) is 0 Å². The van der Waals surface area contributed by atoms with E-state index < -0.39 is 5.91 Å². The molecule has 1 amide bonds. The SMILES string of the molecule is CCCCCCC(Nc1nc(C(N)=O)cc2ccccc12)c1ccccc1Cl. The second kappa shape index (κ2) is 9.56. The molecule has 3 aromatic rings. The highest BCUT2D eigenvalue weighted by atomic mass is 35.5. The van der Waals surface area contributed by atoms with Crippen molar-refractivity contribution in [3.8, 4) is 0 Å². The minimum Gasteiger partial charge on any atom is -0.364 e. The molecule has 0 aliphatic rings. The molecule has 0 saturated heterocycles. The molecule has 1 unspecified atom stereocenters. The first-order chi connectivity index (χ1) is 13.6. The molecule has 3 rings (SSSR count). The van der Waals surface area contributed by atoms with Crippen molar-refractivity contribution in [3.05, 3.63) is 70.9 Å². The van der Waals surface area contributed by atoms with Crippen LogP contribution in [-0.2, 0) is 0 Å². The minimum absolute atomic E-state index is 0.00425. The Bertz CT molecular complexity index is 957. The van der Waals surface area contributed by atoms with Gasteiger partial charge in [-0.05, 0) is 29.5 Å². The Hall–Kier alpha value is -2.59. The fourth-order valence-corrected chi connectivity index (χ4v) is 3.71. The van der Waals surface area contributed by atoms with Crippen LogP contribution in [0.15, 0.2) is 54.6 Å². The van der Waals surface area contributed by atoms with Crippen LogP contribution in [0.4, 0.5) is 5.82 Å². The summed E-state index contributed by atoms with van der Waals surface area (Å²) in [5.74, 6) is 0.123. The summed E-state index contributed by atoms with van der Waals surface area (Å²) < 4.78 is 0. The van der Waals surface area contributed by atoms with E-state index in [1.807, 2.05) is 48.5 Å². The standard InChI is InChI=1S/C23H26ClN3O/c1-2-3-4-5-14-20(18-12-8-9-13-19(18)24)26-23-17-11-7-6-10-16(17)15-21(27-23)22(25)28/h6-13,15,20H,2-5,14H2,1H3,(H2,25,28)(H,26,27). The molecule has 1 heterocycles. The molecule has 28 heavy (non-hydrogen) atoms. The number of anilines is 1. The van der Waals surface area contributed by atoms with Crippen LogP contribution in [0.25, 0.3) is 10.8 Å². The van der Waals surface area contributed by atoms with E-state index >= 15 is 0 Å². The number of nitrogens with two attached hydrogens (primary N) is 1. The summed E-state index contributed by atoms with van der Waals surface area (Å²) in [6.45, 7) is 2.20. The van der Waals surface area contributed by atoms with Gasteiger partial charge >= 0.3 is 0 Å². The number of rotatable bonds is 9. The zero-order chi connectivity index (χ0) is 19.9. The summed E-state index contributed by atoms with van der Waals surface area (Å²) in [6, 6.07) is 17.5. The number of hydrogen-bond acceptors (Lipinski definition) is 3. The fourth-order valence-electron chi connectivity index (χ4n) is 3.44. The number of fused-ring (bicyclic) bond motifs is 1. The molecule has 0 saturated carbocycles. The fraction of sp³-hybridized carbons (Fsp3) is 0.304. The van der Waals surface area contributed by atoms with E-state index in [0.29, 0.717) is 5.82 Å². The monoisotopic (exact) mass is 395 g/mol. The van der Waals surface area contributed by atoms with Crippen molar-refractivity contribution < 1.29 is 4.79 Å². The number of pyridine rings is 1. The van der Waals surface area contributed by atoms with E-state index in [2.05, 4.69) is 17.2 Å². The van der Waals surface area contributed by atoms with Gasteiger partial charge in [-0.25, -0.2) is 4.98 Å². The van der Waals surface area contributed by atoms with Gasteiger partial charge in [0.1, 0.15) is 11.5 Å². The zero-order valence-corrected chi connectivity index (χ0v) is 16.9. The molecule has 0 aliphatic heterocycles. The lowest BCUT2D eigenvalue weighted by Gasteiger charge is -2.22. The van der Waals surface area contributed by atoms with Crippen molar-refractivity contribution in [1.82, 2.24) is 4.98 Å². The highest BCUT2D eigenvalue weighted by Gasteiger charge is 2.17. The Labute approximate surface area is 171 Å². The second-order valence-corrected chi connectivity index (χ2v) is 7.42. The number of aromatic nitrogens is 1. The normalized spacial score (nSPS) is 12.1. The Morgan fingerprint density at radius 1 is 1.11 bits per heavy atom. The molecule has 0 spiro atoms. The lowest BCUT2D eigenvalue weighted by Crippen LogP contribution is -2.17. The number of nitrogens with one attached hydrogen (secondary N) is 1. The van der Waals surface area contributed by atoms with Crippen molar-refractivity contribution in [2.45, 2.75) is 45.1 Å². The van der Waals surface area contributed by atoms with E-state index in [1.54, 1.807) is 6.07 Å². The molecule has 2 aromatic carbocycles. The second-order valence-electron chi connectivity index (χ2n) is 7.01. The maximum Gasteiger partial charge on any atom is 0.267 e. The molecule has 0 fully saturated rings. The summed E-state index contributed by atoms with van der Waals surface area (Å²) in [7, 11) is 0. The van der Waals surface area contributed by atoms with Crippen LogP contribution < -0.4 is 11.1 Å². The molecular formula is C23H26ClN3O. The van der Waals surface area contributed by atoms with Crippen LogP contribution >= 0.6 is 11.6 Å². The topological polar surface area (TPSA) is 68.0 Å². The van der Waals surface area contributed by atoms with Crippen LogP contribution in [0.1, 0.15) is 61.1 Å². The minimum atomic E-state index is -0.536.